The molecule has 0 saturated carbocycles. The van der Waals surface area contributed by atoms with Gasteiger partial charge in [0.25, 0.3) is 0 Å². The fourth-order valence-electron chi connectivity index (χ4n) is 6.12. The molecule has 0 aliphatic heterocycles. The Labute approximate surface area is 338 Å². The zero-order chi connectivity index (χ0) is 40.1. The van der Waals surface area contributed by atoms with Gasteiger partial charge in [-0.3, -0.25) is 14.7 Å². The van der Waals surface area contributed by atoms with Crippen LogP contribution in [0.4, 0.5) is 9.59 Å². The first-order valence-electron chi connectivity index (χ1n) is 19.1. The maximum absolute atomic E-state index is 14.3. The number of hydrogen-bond acceptors (Lipinski definition) is 11. The Kier molecular flexibility index (Phi) is 19.2. The van der Waals surface area contributed by atoms with Gasteiger partial charge >= 0.3 is 12.1 Å². The van der Waals surface area contributed by atoms with Gasteiger partial charge in [-0.2, -0.15) is 0 Å². The number of amides is 4. The Bertz CT molecular complexity index is 1710. The molecule has 2 heterocycles. The SMILES string of the molecule is COCCN(CCO)CCC(NC(=O)N(C)Cc1csc(C(C)C)n1)C(=O)NC(CCC(Cc1ccccc1)NC(=O)OCc1cncs1)Cc1ccccc1. The molecule has 0 radical (unpaired) electrons. The largest absolute Gasteiger partial charge is 0.444 e. The monoisotopic (exact) mass is 807 g/mol. The third-order valence-electron chi connectivity index (χ3n) is 9.20. The predicted octanol–water partition coefficient (Wildman–Crippen LogP) is 5.61. The summed E-state index contributed by atoms with van der Waals surface area (Å²) in [5.74, 6) is -0.0205. The van der Waals surface area contributed by atoms with Gasteiger partial charge in [0.1, 0.15) is 12.6 Å². The van der Waals surface area contributed by atoms with Crippen LogP contribution in [0.1, 0.15) is 65.7 Å². The minimum absolute atomic E-state index is 0.0439. The van der Waals surface area contributed by atoms with E-state index < -0.39 is 18.2 Å². The summed E-state index contributed by atoms with van der Waals surface area (Å²) in [6, 6.07) is 18.0. The molecule has 56 heavy (non-hydrogen) atoms. The summed E-state index contributed by atoms with van der Waals surface area (Å²) in [5.41, 5.74) is 4.60. The van der Waals surface area contributed by atoms with Crippen LogP contribution in [-0.2, 0) is 40.3 Å². The quantitative estimate of drug-likeness (QED) is 0.0707. The van der Waals surface area contributed by atoms with E-state index in [-0.39, 0.29) is 37.1 Å². The van der Waals surface area contributed by atoms with Gasteiger partial charge in [0.2, 0.25) is 5.91 Å². The first-order valence-corrected chi connectivity index (χ1v) is 20.9. The molecule has 0 saturated heterocycles. The lowest BCUT2D eigenvalue weighted by Gasteiger charge is -2.28. The van der Waals surface area contributed by atoms with E-state index in [1.54, 1.807) is 37.2 Å². The second kappa shape index (κ2) is 24.3. The van der Waals surface area contributed by atoms with E-state index in [1.165, 1.54) is 16.2 Å². The molecule has 4 aromatic rings. The van der Waals surface area contributed by atoms with E-state index in [2.05, 4.69) is 39.8 Å². The average molecular weight is 808 g/mol. The number of aliphatic hydroxyl groups excluding tert-OH is 1. The molecule has 4 N–H and O–H groups in total. The van der Waals surface area contributed by atoms with Crippen LogP contribution in [0.3, 0.4) is 0 Å². The van der Waals surface area contributed by atoms with Crippen molar-refractivity contribution in [3.8, 4) is 0 Å². The molecule has 0 spiro atoms. The molecular weight excluding hydrogens is 751 g/mol. The predicted molar refractivity (Wildman–Crippen MR) is 221 cm³/mol. The van der Waals surface area contributed by atoms with Gasteiger partial charge in [-0.25, -0.2) is 14.6 Å². The molecule has 0 aliphatic carbocycles. The van der Waals surface area contributed by atoms with Crippen LogP contribution < -0.4 is 16.0 Å². The van der Waals surface area contributed by atoms with Crippen LogP contribution in [-0.4, -0.2) is 108 Å². The van der Waals surface area contributed by atoms with Crippen molar-refractivity contribution >= 4 is 40.7 Å². The number of methoxy groups -OCH3 is 1. The molecular formula is C41H57N7O6S2. The summed E-state index contributed by atoms with van der Waals surface area (Å²) in [6.07, 6.45) is 3.69. The number of thiazole rings is 2. The summed E-state index contributed by atoms with van der Waals surface area (Å²) >= 11 is 2.99. The summed E-state index contributed by atoms with van der Waals surface area (Å²) in [5, 5.41) is 22.0. The fraction of sp³-hybridized carbons (Fsp3) is 0.488. The average Bonchev–Trinajstić information content (AvgIpc) is 3.90. The van der Waals surface area contributed by atoms with Gasteiger partial charge in [0.05, 0.1) is 40.8 Å². The highest BCUT2D eigenvalue weighted by atomic mass is 32.1. The van der Waals surface area contributed by atoms with Crippen molar-refractivity contribution in [1.29, 1.82) is 0 Å². The van der Waals surface area contributed by atoms with Crippen LogP contribution in [0.25, 0.3) is 0 Å². The highest BCUT2D eigenvalue weighted by Crippen LogP contribution is 2.20. The van der Waals surface area contributed by atoms with Crippen molar-refractivity contribution < 1.29 is 29.0 Å². The highest BCUT2D eigenvalue weighted by Gasteiger charge is 2.27. The normalized spacial score (nSPS) is 12.9. The van der Waals surface area contributed by atoms with Gasteiger partial charge in [0.15, 0.2) is 0 Å². The molecule has 15 heteroatoms. The second-order valence-electron chi connectivity index (χ2n) is 14.1. The number of carbonyl (C=O) groups excluding carboxylic acids is 3. The topological polar surface area (TPSA) is 158 Å². The van der Waals surface area contributed by atoms with E-state index in [4.69, 9.17) is 9.47 Å². The number of nitrogens with one attached hydrogen (secondary N) is 3. The minimum Gasteiger partial charge on any atom is -0.444 e. The van der Waals surface area contributed by atoms with E-state index in [0.717, 1.165) is 26.7 Å². The maximum Gasteiger partial charge on any atom is 0.407 e. The maximum atomic E-state index is 14.3. The van der Waals surface area contributed by atoms with E-state index in [9.17, 15) is 19.5 Å². The standard InChI is InChI=1S/C41H57N7O6S2/c1-30(2)39-44-35(28-55-39)26-47(3)40(51)46-37(17-18-48(19-21-49)20-22-53-4)38(50)43-33(23-31-11-7-5-8-12-31)15-16-34(24-32-13-9-6-10-14-32)45-41(52)54-27-36-25-42-29-56-36/h5-14,25,28-30,33-34,37,49H,15-24,26-27H2,1-4H3,(H,43,50)(H,45,52)(H,46,51). The van der Waals surface area contributed by atoms with Crippen molar-refractivity contribution in [2.45, 2.75) is 83.1 Å². The van der Waals surface area contributed by atoms with Crippen molar-refractivity contribution in [3.63, 3.8) is 0 Å². The Balaban J connectivity index is 1.50. The lowest BCUT2D eigenvalue weighted by atomic mass is 9.95. The highest BCUT2D eigenvalue weighted by molar-refractivity contribution is 7.09. The number of hydrogen-bond donors (Lipinski definition) is 4. The third kappa shape index (κ3) is 16.0. The summed E-state index contributed by atoms with van der Waals surface area (Å²) in [7, 11) is 3.31. The van der Waals surface area contributed by atoms with Crippen molar-refractivity contribution in [1.82, 2.24) is 35.7 Å². The van der Waals surface area contributed by atoms with E-state index in [0.29, 0.717) is 64.9 Å². The number of aliphatic hydroxyl groups is 1. The Hall–Kier alpha value is -4.41. The lowest BCUT2D eigenvalue weighted by molar-refractivity contribution is -0.124. The number of rotatable bonds is 24. The van der Waals surface area contributed by atoms with Gasteiger partial charge in [-0.1, -0.05) is 74.5 Å². The number of nitrogens with zero attached hydrogens (tertiary/aromatic N) is 4. The van der Waals surface area contributed by atoms with Crippen molar-refractivity contribution in [2.24, 2.45) is 0 Å². The number of carbonyl (C=O) groups is 3. The van der Waals surface area contributed by atoms with Crippen molar-refractivity contribution in [3.05, 3.63) is 104 Å². The fourth-order valence-corrected chi connectivity index (χ4v) is 7.45. The third-order valence-corrected chi connectivity index (χ3v) is 11.1. The molecule has 0 bridgehead atoms. The molecule has 4 amide bonds. The second-order valence-corrected chi connectivity index (χ2v) is 15.9. The molecule has 4 rings (SSSR count). The van der Waals surface area contributed by atoms with Crippen LogP contribution in [0, 0.1) is 0 Å². The Morgan fingerprint density at radius 3 is 2.09 bits per heavy atom. The Morgan fingerprint density at radius 1 is 0.857 bits per heavy atom. The molecule has 3 unspecified atom stereocenters. The van der Waals surface area contributed by atoms with Crippen LogP contribution in [0.5, 0.6) is 0 Å². The van der Waals surface area contributed by atoms with Crippen molar-refractivity contribution in [2.75, 3.05) is 47.0 Å². The summed E-state index contributed by atoms with van der Waals surface area (Å²) < 4.78 is 10.8. The van der Waals surface area contributed by atoms with Gasteiger partial charge in [-0.05, 0) is 43.2 Å². The number of benzene rings is 2. The number of alkyl carbamates (subject to hydrolysis) is 1. The molecule has 2 aromatic carbocycles. The van der Waals surface area contributed by atoms with Crippen LogP contribution >= 0.6 is 22.7 Å². The lowest BCUT2D eigenvalue weighted by Crippen LogP contribution is -2.53. The molecule has 0 fully saturated rings. The molecule has 2 aromatic heterocycles. The first kappa shape index (κ1) is 44.3. The minimum atomic E-state index is -0.867. The van der Waals surface area contributed by atoms with Gasteiger partial charge in [0, 0.05) is 63.4 Å². The number of urea groups is 1. The smallest absolute Gasteiger partial charge is 0.407 e. The first-order chi connectivity index (χ1) is 27.1. The zero-order valence-corrected chi connectivity index (χ0v) is 34.5. The number of ether oxygens (including phenoxy) is 2. The van der Waals surface area contributed by atoms with Crippen LogP contribution in [0.15, 0.2) is 77.8 Å². The van der Waals surface area contributed by atoms with E-state index >= 15 is 0 Å². The zero-order valence-electron chi connectivity index (χ0n) is 32.9. The molecule has 3 atom stereocenters. The van der Waals surface area contributed by atoms with Crippen LogP contribution in [0.2, 0.25) is 0 Å². The van der Waals surface area contributed by atoms with E-state index in [1.807, 2.05) is 70.9 Å². The molecule has 13 nitrogen and oxygen atoms in total. The molecule has 304 valence electrons. The number of aromatic nitrogens is 2. The Morgan fingerprint density at radius 2 is 1.52 bits per heavy atom. The molecule has 0 aliphatic rings. The van der Waals surface area contributed by atoms with Gasteiger partial charge in [-0.15, -0.1) is 22.7 Å². The van der Waals surface area contributed by atoms with Gasteiger partial charge < -0.3 is 35.4 Å². The summed E-state index contributed by atoms with van der Waals surface area (Å²) in [4.78, 5) is 54.0. The summed E-state index contributed by atoms with van der Waals surface area (Å²) in [6.45, 7) is 6.45.